The normalized spacial score (nSPS) is 14.7. The van der Waals surface area contributed by atoms with Crippen molar-refractivity contribution < 1.29 is 19.1 Å². The zero-order valence-corrected chi connectivity index (χ0v) is 12.2. The molecule has 0 saturated heterocycles. The van der Waals surface area contributed by atoms with E-state index in [2.05, 4.69) is 0 Å². The van der Waals surface area contributed by atoms with Crippen molar-refractivity contribution >= 4 is 17.7 Å². The van der Waals surface area contributed by atoms with E-state index in [-0.39, 0.29) is 18.3 Å². The first-order chi connectivity index (χ1) is 9.93. The highest BCUT2D eigenvalue weighted by atomic mass is 19.1. The Morgan fingerprint density at radius 1 is 1.48 bits per heavy atom. The summed E-state index contributed by atoms with van der Waals surface area (Å²) in [5, 5.41) is 8.87. The zero-order chi connectivity index (χ0) is 15.6. The molecular formula is C15H19FN2O3. The van der Waals surface area contributed by atoms with Crippen molar-refractivity contribution in [1.29, 1.82) is 0 Å². The van der Waals surface area contributed by atoms with Crippen LogP contribution in [-0.2, 0) is 11.2 Å². The van der Waals surface area contributed by atoms with Crippen LogP contribution in [0.1, 0.15) is 25.8 Å². The number of nitrogens with zero attached hydrogens (tertiary/aromatic N) is 2. The van der Waals surface area contributed by atoms with Gasteiger partial charge in [-0.25, -0.2) is 9.18 Å². The SMILES string of the molecule is CCN(C(=O)N1CCc2ccc(F)cc21)C(C)CC(=O)O. The monoisotopic (exact) mass is 294 g/mol. The van der Waals surface area contributed by atoms with Gasteiger partial charge < -0.3 is 10.0 Å². The third-order valence-corrected chi connectivity index (χ3v) is 3.76. The number of carboxylic acids is 1. The molecule has 0 aliphatic carbocycles. The Labute approximate surface area is 123 Å². The van der Waals surface area contributed by atoms with Crippen molar-refractivity contribution in [2.24, 2.45) is 0 Å². The quantitative estimate of drug-likeness (QED) is 0.928. The molecule has 2 amide bonds. The Balaban J connectivity index is 2.20. The number of rotatable bonds is 4. The maximum atomic E-state index is 13.4. The Hall–Kier alpha value is -2.11. The summed E-state index contributed by atoms with van der Waals surface area (Å²) < 4.78 is 13.4. The first-order valence-electron chi connectivity index (χ1n) is 7.02. The number of hydrogen-bond acceptors (Lipinski definition) is 2. The first-order valence-corrected chi connectivity index (χ1v) is 7.02. The van der Waals surface area contributed by atoms with Crippen LogP contribution in [-0.4, -0.2) is 41.1 Å². The second kappa shape index (κ2) is 6.11. The third-order valence-electron chi connectivity index (χ3n) is 3.76. The molecule has 1 aromatic carbocycles. The molecule has 1 N–H and O–H groups in total. The van der Waals surface area contributed by atoms with Gasteiger partial charge in [-0.2, -0.15) is 0 Å². The second-order valence-electron chi connectivity index (χ2n) is 5.19. The standard InChI is InChI=1S/C15H19FN2O3/c1-3-17(10(2)8-14(19)20)15(21)18-7-6-11-4-5-12(16)9-13(11)18/h4-5,9-10H,3,6-8H2,1-2H3,(H,19,20). The van der Waals surface area contributed by atoms with E-state index in [9.17, 15) is 14.0 Å². The van der Waals surface area contributed by atoms with Crippen molar-refractivity contribution in [3.63, 3.8) is 0 Å². The van der Waals surface area contributed by atoms with Crippen molar-refractivity contribution in [1.82, 2.24) is 4.90 Å². The molecule has 0 aromatic heterocycles. The summed E-state index contributed by atoms with van der Waals surface area (Å²) in [6, 6.07) is 3.76. The van der Waals surface area contributed by atoms with Gasteiger partial charge in [0, 0.05) is 19.1 Å². The molecule has 1 aromatic rings. The first kappa shape index (κ1) is 15.3. The Bertz CT molecular complexity index is 562. The van der Waals surface area contributed by atoms with Crippen molar-refractivity contribution in [2.75, 3.05) is 18.0 Å². The number of amides is 2. The van der Waals surface area contributed by atoms with E-state index in [0.717, 1.165) is 5.56 Å². The van der Waals surface area contributed by atoms with Crippen molar-refractivity contribution in [3.05, 3.63) is 29.6 Å². The van der Waals surface area contributed by atoms with Crippen molar-refractivity contribution in [2.45, 2.75) is 32.7 Å². The number of anilines is 1. The van der Waals surface area contributed by atoms with E-state index in [0.29, 0.717) is 25.2 Å². The van der Waals surface area contributed by atoms with E-state index in [1.165, 1.54) is 21.9 Å². The summed E-state index contributed by atoms with van der Waals surface area (Å²) in [6.45, 7) is 4.42. The lowest BCUT2D eigenvalue weighted by Gasteiger charge is -2.31. The number of carbonyl (C=O) groups excluding carboxylic acids is 1. The summed E-state index contributed by atoms with van der Waals surface area (Å²) in [6.07, 6.45) is 0.579. The van der Waals surface area contributed by atoms with Crippen LogP contribution >= 0.6 is 0 Å². The van der Waals surface area contributed by atoms with E-state index in [1.54, 1.807) is 19.9 Å². The lowest BCUT2D eigenvalue weighted by Crippen LogP contribution is -2.47. The minimum Gasteiger partial charge on any atom is -0.481 e. The highest BCUT2D eigenvalue weighted by Gasteiger charge is 2.30. The van der Waals surface area contributed by atoms with Gasteiger partial charge in [0.05, 0.1) is 12.1 Å². The largest absolute Gasteiger partial charge is 0.481 e. The van der Waals surface area contributed by atoms with E-state index in [4.69, 9.17) is 5.11 Å². The van der Waals surface area contributed by atoms with E-state index in [1.807, 2.05) is 0 Å². The number of aliphatic carboxylic acids is 1. The summed E-state index contributed by atoms with van der Waals surface area (Å²) in [7, 11) is 0. The number of benzene rings is 1. The van der Waals surface area contributed by atoms with Gasteiger partial charge in [0.25, 0.3) is 0 Å². The molecule has 1 unspecified atom stereocenters. The molecule has 0 bridgehead atoms. The number of hydrogen-bond donors (Lipinski definition) is 1. The Morgan fingerprint density at radius 3 is 2.81 bits per heavy atom. The van der Waals surface area contributed by atoms with Crippen LogP contribution in [0, 0.1) is 5.82 Å². The smallest absolute Gasteiger partial charge is 0.324 e. The van der Waals surface area contributed by atoms with Gasteiger partial charge in [-0.3, -0.25) is 9.69 Å². The average Bonchev–Trinajstić information content (AvgIpc) is 2.81. The molecule has 5 nitrogen and oxygen atoms in total. The molecule has 1 aliphatic rings. The van der Waals surface area contributed by atoms with Gasteiger partial charge in [-0.05, 0) is 38.0 Å². The third kappa shape index (κ3) is 3.15. The van der Waals surface area contributed by atoms with Crippen LogP contribution in [0.4, 0.5) is 14.9 Å². The maximum absolute atomic E-state index is 13.4. The molecule has 1 heterocycles. The number of carbonyl (C=O) groups is 2. The lowest BCUT2D eigenvalue weighted by molar-refractivity contribution is -0.138. The molecule has 1 aliphatic heterocycles. The lowest BCUT2D eigenvalue weighted by atomic mass is 10.1. The summed E-state index contributed by atoms with van der Waals surface area (Å²) in [5.41, 5.74) is 1.52. The minimum atomic E-state index is -0.943. The maximum Gasteiger partial charge on any atom is 0.324 e. The second-order valence-corrected chi connectivity index (χ2v) is 5.19. The minimum absolute atomic E-state index is 0.108. The van der Waals surface area contributed by atoms with Gasteiger partial charge in [0.1, 0.15) is 5.82 Å². The summed E-state index contributed by atoms with van der Waals surface area (Å²) in [4.78, 5) is 26.5. The zero-order valence-electron chi connectivity index (χ0n) is 12.2. The highest BCUT2D eigenvalue weighted by Crippen LogP contribution is 2.30. The molecule has 2 rings (SSSR count). The predicted molar refractivity (Wildman–Crippen MR) is 76.9 cm³/mol. The van der Waals surface area contributed by atoms with Gasteiger partial charge >= 0.3 is 12.0 Å². The van der Waals surface area contributed by atoms with E-state index >= 15 is 0 Å². The van der Waals surface area contributed by atoms with Gasteiger partial charge in [0.2, 0.25) is 0 Å². The van der Waals surface area contributed by atoms with Crippen LogP contribution in [0.25, 0.3) is 0 Å². The number of halogens is 1. The topological polar surface area (TPSA) is 60.9 Å². The van der Waals surface area contributed by atoms with Crippen LogP contribution in [0.2, 0.25) is 0 Å². The predicted octanol–water partition coefficient (Wildman–Crippen LogP) is 2.49. The van der Waals surface area contributed by atoms with Gasteiger partial charge in [-0.1, -0.05) is 6.07 Å². The fraction of sp³-hybridized carbons (Fsp3) is 0.467. The van der Waals surface area contributed by atoms with Crippen LogP contribution in [0.3, 0.4) is 0 Å². The van der Waals surface area contributed by atoms with E-state index < -0.39 is 12.0 Å². The molecule has 6 heteroatoms. The number of urea groups is 1. The van der Waals surface area contributed by atoms with Crippen LogP contribution in [0.15, 0.2) is 18.2 Å². The summed E-state index contributed by atoms with van der Waals surface area (Å²) >= 11 is 0. The molecule has 114 valence electrons. The van der Waals surface area contributed by atoms with Crippen molar-refractivity contribution in [3.8, 4) is 0 Å². The molecule has 21 heavy (non-hydrogen) atoms. The molecular weight excluding hydrogens is 275 g/mol. The number of fused-ring (bicyclic) bond motifs is 1. The van der Waals surface area contributed by atoms with Crippen LogP contribution in [0.5, 0.6) is 0 Å². The van der Waals surface area contributed by atoms with Gasteiger partial charge in [0.15, 0.2) is 0 Å². The Kier molecular flexibility index (Phi) is 4.45. The van der Waals surface area contributed by atoms with Crippen LogP contribution < -0.4 is 4.90 Å². The summed E-state index contributed by atoms with van der Waals surface area (Å²) in [5.74, 6) is -1.32. The van der Waals surface area contributed by atoms with Gasteiger partial charge in [-0.15, -0.1) is 0 Å². The fourth-order valence-electron chi connectivity index (χ4n) is 2.70. The average molecular weight is 294 g/mol. The fourth-order valence-corrected chi connectivity index (χ4v) is 2.70. The molecule has 0 radical (unpaired) electrons. The molecule has 0 spiro atoms. The Morgan fingerprint density at radius 2 is 2.19 bits per heavy atom. The highest BCUT2D eigenvalue weighted by molar-refractivity contribution is 5.94. The molecule has 1 atom stereocenters. The molecule has 0 saturated carbocycles. The number of carboxylic acid groups (broad SMARTS) is 1. The molecule has 0 fully saturated rings.